The minimum absolute atomic E-state index is 0.288. The highest BCUT2D eigenvalue weighted by atomic mass is 19.1. The van der Waals surface area contributed by atoms with Crippen LogP contribution in [-0.4, -0.2) is 0 Å². The minimum Gasteiger partial charge on any atom is -0.398 e. The van der Waals surface area contributed by atoms with E-state index in [9.17, 15) is 4.39 Å². The zero-order chi connectivity index (χ0) is 7.56. The number of hydrogen-bond acceptors (Lipinski definition) is 1. The molecule has 1 aromatic rings. The summed E-state index contributed by atoms with van der Waals surface area (Å²) in [5.41, 5.74) is 6.65. The van der Waals surface area contributed by atoms with Crippen molar-refractivity contribution in [3.05, 3.63) is 36.2 Å². The molecule has 0 fully saturated rings. The molecule has 0 radical (unpaired) electrons. The predicted octanol–water partition coefficient (Wildman–Crippen LogP) is 2.05. The van der Waals surface area contributed by atoms with E-state index in [2.05, 4.69) is 6.58 Å². The smallest absolute Gasteiger partial charge is 0.123 e. The summed E-state index contributed by atoms with van der Waals surface area (Å²) in [4.78, 5) is 0. The fourth-order valence-corrected chi connectivity index (χ4v) is 0.722. The van der Waals surface area contributed by atoms with E-state index in [4.69, 9.17) is 5.73 Å². The summed E-state index contributed by atoms with van der Waals surface area (Å²) in [6.07, 6.45) is 1.53. The van der Waals surface area contributed by atoms with Crippen LogP contribution < -0.4 is 5.73 Å². The molecule has 0 unspecified atom stereocenters. The van der Waals surface area contributed by atoms with Gasteiger partial charge in [0.2, 0.25) is 0 Å². The van der Waals surface area contributed by atoms with Crippen LogP contribution in [0.15, 0.2) is 24.8 Å². The monoisotopic (exact) mass is 137 g/mol. The van der Waals surface area contributed by atoms with Crippen LogP contribution >= 0.6 is 0 Å². The molecule has 0 saturated carbocycles. The first-order chi connectivity index (χ1) is 4.74. The molecule has 0 aliphatic rings. The highest BCUT2D eigenvalue weighted by molar-refractivity contribution is 5.62. The second-order valence-electron chi connectivity index (χ2n) is 1.98. The Labute approximate surface area is 59.0 Å². The average molecular weight is 137 g/mol. The van der Waals surface area contributed by atoms with Crippen LogP contribution in [0.25, 0.3) is 6.08 Å². The van der Waals surface area contributed by atoms with Crippen molar-refractivity contribution in [3.8, 4) is 0 Å². The Morgan fingerprint density at radius 2 is 2.20 bits per heavy atom. The Balaban J connectivity index is 3.21. The zero-order valence-corrected chi connectivity index (χ0v) is 5.47. The Hall–Kier alpha value is -1.31. The second-order valence-corrected chi connectivity index (χ2v) is 1.98. The SMILES string of the molecule is C=Cc1cc(F)ccc1N. The molecular formula is C8H8FN. The molecule has 0 aliphatic carbocycles. The molecule has 1 aromatic carbocycles. The van der Waals surface area contributed by atoms with E-state index < -0.39 is 0 Å². The molecule has 0 aliphatic heterocycles. The van der Waals surface area contributed by atoms with E-state index in [0.717, 1.165) is 0 Å². The van der Waals surface area contributed by atoms with Crippen molar-refractivity contribution in [1.82, 2.24) is 0 Å². The lowest BCUT2D eigenvalue weighted by Crippen LogP contribution is -1.88. The van der Waals surface area contributed by atoms with Crippen molar-refractivity contribution in [1.29, 1.82) is 0 Å². The van der Waals surface area contributed by atoms with Gasteiger partial charge in [0, 0.05) is 5.69 Å². The van der Waals surface area contributed by atoms with Crippen molar-refractivity contribution in [2.24, 2.45) is 0 Å². The van der Waals surface area contributed by atoms with Crippen LogP contribution in [0.4, 0.5) is 10.1 Å². The van der Waals surface area contributed by atoms with E-state index in [1.165, 1.54) is 24.3 Å². The largest absolute Gasteiger partial charge is 0.398 e. The van der Waals surface area contributed by atoms with Gasteiger partial charge in [-0.3, -0.25) is 0 Å². The molecule has 52 valence electrons. The summed E-state index contributed by atoms with van der Waals surface area (Å²) in [7, 11) is 0. The van der Waals surface area contributed by atoms with Gasteiger partial charge in [-0.1, -0.05) is 12.7 Å². The quantitative estimate of drug-likeness (QED) is 0.589. The molecule has 0 bridgehead atoms. The minimum atomic E-state index is -0.288. The summed E-state index contributed by atoms with van der Waals surface area (Å²) in [6.45, 7) is 3.49. The zero-order valence-electron chi connectivity index (χ0n) is 5.47. The van der Waals surface area contributed by atoms with Crippen LogP contribution in [-0.2, 0) is 0 Å². The van der Waals surface area contributed by atoms with Crippen LogP contribution in [0.2, 0.25) is 0 Å². The Morgan fingerprint density at radius 3 is 2.70 bits per heavy atom. The predicted molar refractivity (Wildman–Crippen MR) is 40.9 cm³/mol. The maximum atomic E-state index is 12.4. The maximum Gasteiger partial charge on any atom is 0.123 e. The first-order valence-corrected chi connectivity index (χ1v) is 2.91. The maximum absolute atomic E-state index is 12.4. The van der Waals surface area contributed by atoms with Crippen molar-refractivity contribution in [2.75, 3.05) is 5.73 Å². The van der Waals surface area contributed by atoms with Gasteiger partial charge in [-0.25, -0.2) is 4.39 Å². The van der Waals surface area contributed by atoms with Crippen molar-refractivity contribution in [2.45, 2.75) is 0 Å². The van der Waals surface area contributed by atoms with Crippen molar-refractivity contribution < 1.29 is 4.39 Å². The lowest BCUT2D eigenvalue weighted by molar-refractivity contribution is 0.628. The number of halogens is 1. The Bertz CT molecular complexity index is 255. The van der Waals surface area contributed by atoms with Gasteiger partial charge in [-0.2, -0.15) is 0 Å². The summed E-state index contributed by atoms with van der Waals surface area (Å²) in [5, 5.41) is 0. The lowest BCUT2D eigenvalue weighted by Gasteiger charge is -1.97. The number of hydrogen-bond donors (Lipinski definition) is 1. The number of nitrogens with two attached hydrogens (primary N) is 1. The van der Waals surface area contributed by atoms with E-state index in [1.807, 2.05) is 0 Å². The molecule has 0 aromatic heterocycles. The molecule has 10 heavy (non-hydrogen) atoms. The highest BCUT2D eigenvalue weighted by Crippen LogP contribution is 2.13. The third-order valence-electron chi connectivity index (χ3n) is 1.27. The summed E-state index contributed by atoms with van der Waals surface area (Å²) >= 11 is 0. The molecule has 0 spiro atoms. The van der Waals surface area contributed by atoms with Crippen LogP contribution in [0.3, 0.4) is 0 Å². The van der Waals surface area contributed by atoms with Crippen LogP contribution in [0, 0.1) is 5.82 Å². The second kappa shape index (κ2) is 2.52. The van der Waals surface area contributed by atoms with Gasteiger partial charge >= 0.3 is 0 Å². The van der Waals surface area contributed by atoms with E-state index >= 15 is 0 Å². The number of nitrogen functional groups attached to an aromatic ring is 1. The average Bonchev–Trinajstić information content (AvgIpc) is 1.94. The lowest BCUT2D eigenvalue weighted by atomic mass is 10.2. The van der Waals surface area contributed by atoms with E-state index in [1.54, 1.807) is 0 Å². The fourth-order valence-electron chi connectivity index (χ4n) is 0.722. The Kier molecular flexibility index (Phi) is 1.71. The molecule has 0 atom stereocenters. The standard InChI is InChI=1S/C8H8FN/c1-2-6-5-7(9)3-4-8(6)10/h2-5H,1,10H2. The van der Waals surface area contributed by atoms with Gasteiger partial charge in [0.15, 0.2) is 0 Å². The third-order valence-corrected chi connectivity index (χ3v) is 1.27. The van der Waals surface area contributed by atoms with Crippen LogP contribution in [0.5, 0.6) is 0 Å². The van der Waals surface area contributed by atoms with Crippen molar-refractivity contribution in [3.63, 3.8) is 0 Å². The number of anilines is 1. The van der Waals surface area contributed by atoms with E-state index in [-0.39, 0.29) is 5.82 Å². The first kappa shape index (κ1) is 6.81. The Morgan fingerprint density at radius 1 is 1.50 bits per heavy atom. The summed E-state index contributed by atoms with van der Waals surface area (Å²) in [5.74, 6) is -0.288. The van der Waals surface area contributed by atoms with Crippen molar-refractivity contribution >= 4 is 11.8 Å². The van der Waals surface area contributed by atoms with Gasteiger partial charge in [-0.05, 0) is 23.8 Å². The highest BCUT2D eigenvalue weighted by Gasteiger charge is 1.94. The first-order valence-electron chi connectivity index (χ1n) is 2.91. The molecule has 1 rings (SSSR count). The number of benzene rings is 1. The molecule has 2 N–H and O–H groups in total. The molecule has 0 heterocycles. The molecule has 2 heteroatoms. The molecule has 0 amide bonds. The molecule has 0 saturated heterocycles. The fraction of sp³-hybridized carbons (Fsp3) is 0. The van der Waals surface area contributed by atoms with Gasteiger partial charge < -0.3 is 5.73 Å². The summed E-state index contributed by atoms with van der Waals surface area (Å²) in [6, 6.07) is 4.19. The normalized spacial score (nSPS) is 9.30. The number of rotatable bonds is 1. The van der Waals surface area contributed by atoms with Gasteiger partial charge in [0.05, 0.1) is 0 Å². The third kappa shape index (κ3) is 1.16. The summed E-state index contributed by atoms with van der Waals surface area (Å²) < 4.78 is 12.4. The van der Waals surface area contributed by atoms with Gasteiger partial charge in [0.1, 0.15) is 5.82 Å². The van der Waals surface area contributed by atoms with Gasteiger partial charge in [0.25, 0.3) is 0 Å². The van der Waals surface area contributed by atoms with Crippen LogP contribution in [0.1, 0.15) is 5.56 Å². The topological polar surface area (TPSA) is 26.0 Å². The van der Waals surface area contributed by atoms with E-state index in [0.29, 0.717) is 11.3 Å². The molecular weight excluding hydrogens is 129 g/mol. The van der Waals surface area contributed by atoms with Gasteiger partial charge in [-0.15, -0.1) is 0 Å². The molecule has 1 nitrogen and oxygen atoms in total.